The zero-order valence-electron chi connectivity index (χ0n) is 13.4. The minimum absolute atomic E-state index is 0. The molecule has 1 fully saturated rings. The van der Waals surface area contributed by atoms with Crippen molar-refractivity contribution in [1.29, 1.82) is 0 Å². The van der Waals surface area contributed by atoms with Crippen LogP contribution in [0.5, 0.6) is 0 Å². The van der Waals surface area contributed by atoms with Gasteiger partial charge in [-0.1, -0.05) is 18.2 Å². The molecule has 0 aliphatic carbocycles. The molecule has 1 heterocycles. The molecule has 1 aromatic rings. The highest BCUT2D eigenvalue weighted by atomic mass is 35.5. The summed E-state index contributed by atoms with van der Waals surface area (Å²) in [4.78, 5) is 24.8. The Labute approximate surface area is 142 Å². The predicted molar refractivity (Wildman–Crippen MR) is 91.9 cm³/mol. The standard InChI is InChI=1S/C16H23N3O3.ClH/c1-17-9-6-13-7-10-18(11-8-13)16(20)12-14-4-2-3-5-15(14)19(21)22;/h2-5,13,17H,6-12H2,1H3;1H. The summed E-state index contributed by atoms with van der Waals surface area (Å²) in [7, 11) is 1.95. The van der Waals surface area contributed by atoms with Gasteiger partial charge in [-0.15, -0.1) is 12.4 Å². The van der Waals surface area contributed by atoms with Crippen LogP contribution in [0.4, 0.5) is 5.69 Å². The van der Waals surface area contributed by atoms with Crippen molar-refractivity contribution in [2.24, 2.45) is 5.92 Å². The van der Waals surface area contributed by atoms with Crippen LogP contribution in [0.1, 0.15) is 24.8 Å². The number of hydrogen-bond donors (Lipinski definition) is 1. The van der Waals surface area contributed by atoms with E-state index in [4.69, 9.17) is 0 Å². The van der Waals surface area contributed by atoms with Crippen LogP contribution in [-0.4, -0.2) is 42.4 Å². The Morgan fingerprint density at radius 3 is 2.61 bits per heavy atom. The fourth-order valence-electron chi connectivity index (χ4n) is 2.93. The summed E-state index contributed by atoms with van der Waals surface area (Å²) in [6, 6.07) is 6.47. The van der Waals surface area contributed by atoms with Gasteiger partial charge in [-0.3, -0.25) is 14.9 Å². The van der Waals surface area contributed by atoms with Gasteiger partial charge in [0.1, 0.15) is 0 Å². The summed E-state index contributed by atoms with van der Waals surface area (Å²) < 4.78 is 0. The highest BCUT2D eigenvalue weighted by Gasteiger charge is 2.24. The third-order valence-corrected chi connectivity index (χ3v) is 4.30. The number of nitrogens with zero attached hydrogens (tertiary/aromatic N) is 2. The highest BCUT2D eigenvalue weighted by molar-refractivity contribution is 5.85. The average Bonchev–Trinajstić information content (AvgIpc) is 2.53. The van der Waals surface area contributed by atoms with Gasteiger partial charge in [-0.05, 0) is 38.8 Å². The van der Waals surface area contributed by atoms with Crippen LogP contribution in [-0.2, 0) is 11.2 Å². The summed E-state index contributed by atoms with van der Waals surface area (Å²) in [6.45, 7) is 2.52. The predicted octanol–water partition coefficient (Wildman–Crippen LogP) is 2.41. The molecule has 1 aliphatic heterocycles. The van der Waals surface area contributed by atoms with E-state index in [1.165, 1.54) is 6.07 Å². The Morgan fingerprint density at radius 2 is 2.00 bits per heavy atom. The van der Waals surface area contributed by atoms with Crippen LogP contribution in [0.15, 0.2) is 24.3 Å². The molecule has 1 amide bonds. The third kappa shape index (κ3) is 5.48. The molecule has 6 nitrogen and oxygen atoms in total. The van der Waals surface area contributed by atoms with Gasteiger partial charge in [0.25, 0.3) is 5.69 Å². The topological polar surface area (TPSA) is 75.5 Å². The lowest BCUT2D eigenvalue weighted by Crippen LogP contribution is -2.39. The Morgan fingerprint density at radius 1 is 1.35 bits per heavy atom. The van der Waals surface area contributed by atoms with Gasteiger partial charge in [-0.2, -0.15) is 0 Å². The molecule has 0 aromatic heterocycles. The summed E-state index contributed by atoms with van der Waals surface area (Å²) >= 11 is 0. The zero-order chi connectivity index (χ0) is 15.9. The maximum atomic E-state index is 12.4. The van der Waals surface area contributed by atoms with Crippen molar-refractivity contribution in [1.82, 2.24) is 10.2 Å². The van der Waals surface area contributed by atoms with Gasteiger partial charge in [0.05, 0.1) is 11.3 Å². The third-order valence-electron chi connectivity index (χ3n) is 4.30. The number of nitrogens with one attached hydrogen (secondary N) is 1. The number of rotatable bonds is 6. The lowest BCUT2D eigenvalue weighted by molar-refractivity contribution is -0.385. The van der Waals surface area contributed by atoms with Crippen molar-refractivity contribution < 1.29 is 9.72 Å². The molecule has 7 heteroatoms. The van der Waals surface area contributed by atoms with Crippen molar-refractivity contribution >= 4 is 24.0 Å². The minimum Gasteiger partial charge on any atom is -0.342 e. The summed E-state index contributed by atoms with van der Waals surface area (Å²) in [5, 5.41) is 14.2. The number of carbonyl (C=O) groups excluding carboxylic acids is 1. The second-order valence-electron chi connectivity index (χ2n) is 5.78. The molecular formula is C16H24ClN3O3. The molecule has 1 N–H and O–H groups in total. The van der Waals surface area contributed by atoms with E-state index in [1.807, 2.05) is 11.9 Å². The van der Waals surface area contributed by atoms with Gasteiger partial charge in [0, 0.05) is 24.7 Å². The van der Waals surface area contributed by atoms with E-state index in [0.717, 1.165) is 38.9 Å². The molecule has 1 saturated heterocycles. The number of halogens is 1. The first-order chi connectivity index (χ1) is 10.6. The molecule has 0 atom stereocenters. The fourth-order valence-corrected chi connectivity index (χ4v) is 2.93. The monoisotopic (exact) mass is 341 g/mol. The Hall–Kier alpha value is -1.66. The SMILES string of the molecule is CNCCC1CCN(C(=O)Cc2ccccc2[N+](=O)[O-])CC1.Cl. The van der Waals surface area contributed by atoms with E-state index in [-0.39, 0.29) is 30.4 Å². The first-order valence-corrected chi connectivity index (χ1v) is 7.76. The highest BCUT2D eigenvalue weighted by Crippen LogP contribution is 2.23. The van der Waals surface area contributed by atoms with E-state index in [0.29, 0.717) is 11.5 Å². The first kappa shape index (κ1) is 19.4. The van der Waals surface area contributed by atoms with Gasteiger partial charge in [0.2, 0.25) is 5.91 Å². The normalized spacial score (nSPS) is 15.1. The summed E-state index contributed by atoms with van der Waals surface area (Å²) in [5.74, 6) is 0.656. The fraction of sp³-hybridized carbons (Fsp3) is 0.562. The Kier molecular flexibility index (Phi) is 7.98. The maximum absolute atomic E-state index is 12.4. The first-order valence-electron chi connectivity index (χ1n) is 7.76. The molecule has 1 aromatic carbocycles. The van der Waals surface area contributed by atoms with Crippen LogP contribution < -0.4 is 5.32 Å². The number of nitro groups is 1. The molecule has 0 radical (unpaired) electrons. The smallest absolute Gasteiger partial charge is 0.273 e. The second kappa shape index (κ2) is 9.47. The van der Waals surface area contributed by atoms with Crippen molar-refractivity contribution in [3.63, 3.8) is 0 Å². The molecule has 0 saturated carbocycles. The van der Waals surface area contributed by atoms with Crippen LogP contribution in [0.25, 0.3) is 0 Å². The Bertz CT molecular complexity index is 531. The number of amides is 1. The van der Waals surface area contributed by atoms with Crippen molar-refractivity contribution in [3.8, 4) is 0 Å². The van der Waals surface area contributed by atoms with E-state index in [2.05, 4.69) is 5.32 Å². The van der Waals surface area contributed by atoms with Crippen molar-refractivity contribution in [2.75, 3.05) is 26.7 Å². The van der Waals surface area contributed by atoms with Gasteiger partial charge >= 0.3 is 0 Å². The van der Waals surface area contributed by atoms with E-state index >= 15 is 0 Å². The lowest BCUT2D eigenvalue weighted by Gasteiger charge is -2.32. The molecule has 23 heavy (non-hydrogen) atoms. The van der Waals surface area contributed by atoms with Gasteiger partial charge < -0.3 is 10.2 Å². The lowest BCUT2D eigenvalue weighted by atomic mass is 9.93. The second-order valence-corrected chi connectivity index (χ2v) is 5.78. The summed E-state index contributed by atoms with van der Waals surface area (Å²) in [5.41, 5.74) is 0.523. The van der Waals surface area contributed by atoms with Crippen LogP contribution >= 0.6 is 12.4 Å². The van der Waals surface area contributed by atoms with E-state index in [1.54, 1.807) is 18.2 Å². The largest absolute Gasteiger partial charge is 0.342 e. The molecule has 2 rings (SSSR count). The van der Waals surface area contributed by atoms with E-state index < -0.39 is 4.92 Å². The molecule has 128 valence electrons. The van der Waals surface area contributed by atoms with Gasteiger partial charge in [-0.25, -0.2) is 0 Å². The van der Waals surface area contributed by atoms with Crippen molar-refractivity contribution in [3.05, 3.63) is 39.9 Å². The minimum atomic E-state index is -0.424. The molecule has 0 spiro atoms. The summed E-state index contributed by atoms with van der Waals surface area (Å²) in [6.07, 6.45) is 3.29. The molecular weight excluding hydrogens is 318 g/mol. The van der Waals surface area contributed by atoms with Gasteiger partial charge in [0.15, 0.2) is 0 Å². The Balaban J connectivity index is 0.00000264. The number of hydrogen-bond acceptors (Lipinski definition) is 4. The van der Waals surface area contributed by atoms with Crippen LogP contribution in [0.3, 0.4) is 0 Å². The maximum Gasteiger partial charge on any atom is 0.273 e. The average molecular weight is 342 g/mol. The number of nitro benzene ring substituents is 1. The molecule has 0 bridgehead atoms. The number of piperidine rings is 1. The van der Waals surface area contributed by atoms with Crippen LogP contribution in [0.2, 0.25) is 0 Å². The van der Waals surface area contributed by atoms with E-state index in [9.17, 15) is 14.9 Å². The molecule has 1 aliphatic rings. The number of likely N-dealkylation sites (tertiary alicyclic amines) is 1. The molecule has 0 unspecified atom stereocenters. The quantitative estimate of drug-likeness (QED) is 0.637. The number of carbonyl (C=O) groups is 1. The number of para-hydroxylation sites is 1. The zero-order valence-corrected chi connectivity index (χ0v) is 14.2. The number of benzene rings is 1. The van der Waals surface area contributed by atoms with Crippen molar-refractivity contribution in [2.45, 2.75) is 25.7 Å². The van der Waals surface area contributed by atoms with Crippen LogP contribution in [0, 0.1) is 16.0 Å².